The van der Waals surface area contributed by atoms with E-state index < -0.39 is 18.0 Å². The molecule has 2 aromatic rings. The molecule has 2 aliphatic heterocycles. The van der Waals surface area contributed by atoms with Gasteiger partial charge in [-0.2, -0.15) is 13.2 Å². The average molecular weight is 395 g/mol. The molecule has 8 nitrogen and oxygen atoms in total. The molecule has 0 aromatic carbocycles. The summed E-state index contributed by atoms with van der Waals surface area (Å²) in [5, 5.41) is 6.97. The third-order valence-electron chi connectivity index (χ3n) is 5.15. The number of nitrogens with zero attached hydrogens (tertiary/aromatic N) is 7. The van der Waals surface area contributed by atoms with Crippen LogP contribution in [-0.2, 0) is 12.7 Å². The number of hydrogen-bond donors (Lipinski definition) is 0. The zero-order chi connectivity index (χ0) is 20.1. The lowest BCUT2D eigenvalue weighted by Crippen LogP contribution is -2.42. The lowest BCUT2D eigenvalue weighted by atomic mass is 10.1. The first-order valence-corrected chi connectivity index (χ1v) is 9.17. The highest BCUT2D eigenvalue weighted by Gasteiger charge is 2.42. The van der Waals surface area contributed by atoms with Crippen molar-refractivity contribution in [2.45, 2.75) is 45.5 Å². The van der Waals surface area contributed by atoms with Crippen LogP contribution in [0.5, 0.6) is 0 Å². The summed E-state index contributed by atoms with van der Waals surface area (Å²) in [6, 6.07) is 0.963. The van der Waals surface area contributed by atoms with Crippen LogP contribution in [0.1, 0.15) is 53.6 Å². The number of halogens is 3. The van der Waals surface area contributed by atoms with Crippen molar-refractivity contribution in [3.63, 3.8) is 0 Å². The van der Waals surface area contributed by atoms with Gasteiger partial charge in [0.15, 0.2) is 5.82 Å². The van der Waals surface area contributed by atoms with Crippen LogP contribution in [0.3, 0.4) is 0 Å². The van der Waals surface area contributed by atoms with Gasteiger partial charge in [0.25, 0.3) is 5.91 Å². The Bertz CT molecular complexity index is 905. The van der Waals surface area contributed by atoms with E-state index in [1.54, 1.807) is 19.9 Å². The highest BCUT2D eigenvalue weighted by atomic mass is 19.4. The third kappa shape index (κ3) is 3.18. The SMILES string of the molecule is Cc1cc(C(=O)N2CCn3c(nnc3C(F)(F)F)C2C)nc(N2CCCC2)n1. The minimum Gasteiger partial charge on any atom is -0.341 e. The standard InChI is InChI=1S/C17H20F3N7O/c1-10-9-12(22-16(21-10)25-5-3-4-6-25)14(28)26-7-8-27-13(11(26)2)23-24-15(27)17(18,19)20/h9,11H,3-8H2,1-2H3. The molecule has 0 bridgehead atoms. The monoisotopic (exact) mass is 395 g/mol. The van der Waals surface area contributed by atoms with E-state index in [1.807, 2.05) is 4.90 Å². The highest BCUT2D eigenvalue weighted by molar-refractivity contribution is 5.93. The maximum Gasteiger partial charge on any atom is 0.451 e. The second kappa shape index (κ2) is 6.71. The predicted molar refractivity (Wildman–Crippen MR) is 92.7 cm³/mol. The van der Waals surface area contributed by atoms with Crippen LogP contribution in [0.4, 0.5) is 19.1 Å². The van der Waals surface area contributed by atoms with Crippen molar-refractivity contribution in [3.8, 4) is 0 Å². The molecular weight excluding hydrogens is 375 g/mol. The first-order valence-electron chi connectivity index (χ1n) is 9.17. The van der Waals surface area contributed by atoms with Crippen LogP contribution in [0.15, 0.2) is 6.07 Å². The van der Waals surface area contributed by atoms with Crippen LogP contribution in [-0.4, -0.2) is 55.2 Å². The Morgan fingerprint density at radius 3 is 2.50 bits per heavy atom. The molecule has 150 valence electrons. The van der Waals surface area contributed by atoms with Crippen molar-refractivity contribution in [2.75, 3.05) is 24.5 Å². The van der Waals surface area contributed by atoms with Gasteiger partial charge in [0.05, 0.1) is 6.04 Å². The van der Waals surface area contributed by atoms with Crippen molar-refractivity contribution in [1.82, 2.24) is 29.6 Å². The highest BCUT2D eigenvalue weighted by Crippen LogP contribution is 2.33. The molecule has 0 aliphatic carbocycles. The summed E-state index contributed by atoms with van der Waals surface area (Å²) >= 11 is 0. The summed E-state index contributed by atoms with van der Waals surface area (Å²) in [6.07, 6.45) is -2.46. The zero-order valence-electron chi connectivity index (χ0n) is 15.6. The third-order valence-corrected chi connectivity index (χ3v) is 5.15. The molecule has 1 amide bonds. The van der Waals surface area contributed by atoms with Gasteiger partial charge in [0.2, 0.25) is 11.8 Å². The van der Waals surface area contributed by atoms with E-state index in [0.717, 1.165) is 30.5 Å². The van der Waals surface area contributed by atoms with E-state index in [-0.39, 0.29) is 30.5 Å². The van der Waals surface area contributed by atoms with Crippen molar-refractivity contribution >= 4 is 11.9 Å². The number of fused-ring (bicyclic) bond motifs is 1. The van der Waals surface area contributed by atoms with Gasteiger partial charge in [-0.15, -0.1) is 10.2 Å². The number of hydrogen-bond acceptors (Lipinski definition) is 6. The number of aryl methyl sites for hydroxylation is 1. The van der Waals surface area contributed by atoms with Gasteiger partial charge in [0, 0.05) is 31.9 Å². The maximum atomic E-state index is 13.1. The lowest BCUT2D eigenvalue weighted by molar-refractivity contribution is -0.148. The zero-order valence-corrected chi connectivity index (χ0v) is 15.6. The molecule has 2 aromatic heterocycles. The first kappa shape index (κ1) is 18.6. The predicted octanol–water partition coefficient (Wildman–Crippen LogP) is 2.21. The van der Waals surface area contributed by atoms with Gasteiger partial charge in [-0.1, -0.05) is 0 Å². The van der Waals surface area contributed by atoms with E-state index in [1.165, 1.54) is 4.90 Å². The number of carbonyl (C=O) groups excluding carboxylic acids is 1. The number of rotatable bonds is 2. The van der Waals surface area contributed by atoms with Crippen LogP contribution < -0.4 is 4.90 Å². The molecule has 0 spiro atoms. The Morgan fingerprint density at radius 2 is 1.82 bits per heavy atom. The van der Waals surface area contributed by atoms with E-state index in [0.29, 0.717) is 11.6 Å². The van der Waals surface area contributed by atoms with E-state index in [4.69, 9.17) is 0 Å². The number of amides is 1. The van der Waals surface area contributed by atoms with E-state index >= 15 is 0 Å². The smallest absolute Gasteiger partial charge is 0.341 e. The Hall–Kier alpha value is -2.72. The quantitative estimate of drug-likeness (QED) is 0.776. The molecule has 4 heterocycles. The fourth-order valence-corrected chi connectivity index (χ4v) is 3.74. The van der Waals surface area contributed by atoms with E-state index in [2.05, 4.69) is 20.2 Å². The fraction of sp³-hybridized carbons (Fsp3) is 0.588. The molecule has 0 N–H and O–H groups in total. The second-order valence-corrected chi connectivity index (χ2v) is 7.09. The second-order valence-electron chi connectivity index (χ2n) is 7.09. The van der Waals surface area contributed by atoms with Crippen LogP contribution in [0.2, 0.25) is 0 Å². The summed E-state index contributed by atoms with van der Waals surface area (Å²) < 4.78 is 40.2. The van der Waals surface area contributed by atoms with Gasteiger partial charge in [0.1, 0.15) is 5.69 Å². The Balaban J connectivity index is 1.62. The largest absolute Gasteiger partial charge is 0.451 e. The number of carbonyl (C=O) groups is 1. The lowest BCUT2D eigenvalue weighted by Gasteiger charge is -2.33. The molecule has 0 saturated carbocycles. The van der Waals surface area contributed by atoms with Crippen LogP contribution >= 0.6 is 0 Å². The van der Waals surface area contributed by atoms with E-state index in [9.17, 15) is 18.0 Å². The molecule has 2 aliphatic rings. The molecule has 1 fully saturated rings. The Morgan fingerprint density at radius 1 is 1.11 bits per heavy atom. The molecule has 1 atom stereocenters. The molecule has 11 heteroatoms. The molecule has 1 unspecified atom stereocenters. The normalized spacial score (nSPS) is 19.8. The minimum atomic E-state index is -4.58. The van der Waals surface area contributed by atoms with Crippen molar-refractivity contribution in [3.05, 3.63) is 29.1 Å². The summed E-state index contributed by atoms with van der Waals surface area (Å²) in [5.41, 5.74) is 0.915. The van der Waals surface area contributed by atoms with Gasteiger partial charge in [-0.05, 0) is 32.8 Å². The first-order chi connectivity index (χ1) is 13.3. The van der Waals surface area contributed by atoms with Gasteiger partial charge < -0.3 is 14.4 Å². The molecule has 1 saturated heterocycles. The summed E-state index contributed by atoms with van der Waals surface area (Å²) in [4.78, 5) is 25.5. The van der Waals surface area contributed by atoms with Crippen molar-refractivity contribution in [2.24, 2.45) is 0 Å². The summed E-state index contributed by atoms with van der Waals surface area (Å²) in [7, 11) is 0. The molecular formula is C17H20F3N7O. The molecule has 28 heavy (non-hydrogen) atoms. The van der Waals surface area contributed by atoms with Gasteiger partial charge in [-0.25, -0.2) is 9.97 Å². The van der Waals surface area contributed by atoms with Gasteiger partial charge >= 0.3 is 6.18 Å². The van der Waals surface area contributed by atoms with Crippen LogP contribution in [0.25, 0.3) is 0 Å². The molecule has 4 rings (SSSR count). The fourth-order valence-electron chi connectivity index (χ4n) is 3.74. The maximum absolute atomic E-state index is 13.1. The topological polar surface area (TPSA) is 80.0 Å². The summed E-state index contributed by atoms with van der Waals surface area (Å²) in [6.45, 7) is 5.24. The minimum absolute atomic E-state index is 0.0176. The number of aromatic nitrogens is 5. The Labute approximate surface area is 159 Å². The van der Waals surface area contributed by atoms with Gasteiger partial charge in [-0.3, -0.25) is 4.79 Å². The van der Waals surface area contributed by atoms with Crippen molar-refractivity contribution in [1.29, 1.82) is 0 Å². The molecule has 0 radical (unpaired) electrons. The summed E-state index contributed by atoms with van der Waals surface area (Å²) in [5.74, 6) is -0.734. The van der Waals surface area contributed by atoms with Crippen molar-refractivity contribution < 1.29 is 18.0 Å². The number of alkyl halides is 3. The van der Waals surface area contributed by atoms with Crippen LogP contribution in [0, 0.1) is 6.92 Å². The number of anilines is 1. The Kier molecular flexibility index (Phi) is 4.47. The average Bonchev–Trinajstić information content (AvgIpc) is 3.30.